The molecule has 0 bridgehead atoms. The van der Waals surface area contributed by atoms with E-state index in [0.29, 0.717) is 30.2 Å². The van der Waals surface area contributed by atoms with Crippen LogP contribution in [0.1, 0.15) is 39.2 Å². The average Bonchev–Trinajstić information content (AvgIpc) is 2.80. The number of carbonyl (C=O) groups excluding carboxylic acids is 1. The van der Waals surface area contributed by atoms with Gasteiger partial charge in [0, 0.05) is 38.1 Å². The second-order valence-electron chi connectivity index (χ2n) is 10.9. The van der Waals surface area contributed by atoms with E-state index in [2.05, 4.69) is 50.1 Å². The van der Waals surface area contributed by atoms with E-state index in [9.17, 15) is 9.90 Å². The van der Waals surface area contributed by atoms with E-state index in [1.54, 1.807) is 19.3 Å². The summed E-state index contributed by atoms with van der Waals surface area (Å²) < 4.78 is 11.4. The van der Waals surface area contributed by atoms with Gasteiger partial charge in [0.15, 0.2) is 5.75 Å². The molecule has 2 aliphatic heterocycles. The Morgan fingerprint density at radius 2 is 1.75 bits per heavy atom. The van der Waals surface area contributed by atoms with Crippen LogP contribution in [0.5, 0.6) is 5.75 Å². The summed E-state index contributed by atoms with van der Waals surface area (Å²) in [4.78, 5) is 28.3. The van der Waals surface area contributed by atoms with Crippen molar-refractivity contribution in [1.82, 2.24) is 19.8 Å². The minimum atomic E-state index is -0.548. The average molecular weight is 496 g/mol. The number of aromatic nitrogens is 2. The van der Waals surface area contributed by atoms with Crippen LogP contribution >= 0.6 is 0 Å². The number of ether oxygens (including phenoxy) is 2. The SMILES string of the molecule is C[C@H](O)COc1cnc(N2C[C@@H](C)N(C(=O)OC3CC4(C3)CN(Cc3ccccc3)C4)[C@@H](C)C2)nc1. The van der Waals surface area contributed by atoms with Crippen LogP contribution in [0.15, 0.2) is 42.7 Å². The monoisotopic (exact) mass is 495 g/mol. The molecule has 9 nitrogen and oxygen atoms in total. The first kappa shape index (κ1) is 24.8. The lowest BCUT2D eigenvalue weighted by atomic mass is 9.61. The van der Waals surface area contributed by atoms with Gasteiger partial charge in [-0.1, -0.05) is 30.3 Å². The van der Waals surface area contributed by atoms with Gasteiger partial charge in [-0.15, -0.1) is 0 Å². The van der Waals surface area contributed by atoms with E-state index < -0.39 is 6.10 Å². The topological polar surface area (TPSA) is 91.3 Å². The number of benzene rings is 1. The first-order chi connectivity index (χ1) is 17.3. The first-order valence-corrected chi connectivity index (χ1v) is 12.9. The minimum absolute atomic E-state index is 0.0184. The molecule has 36 heavy (non-hydrogen) atoms. The van der Waals surface area contributed by atoms with Crippen molar-refractivity contribution in [1.29, 1.82) is 0 Å². The van der Waals surface area contributed by atoms with Crippen molar-refractivity contribution in [2.75, 3.05) is 37.7 Å². The predicted molar refractivity (Wildman–Crippen MR) is 136 cm³/mol. The zero-order valence-corrected chi connectivity index (χ0v) is 21.4. The van der Waals surface area contributed by atoms with E-state index in [0.717, 1.165) is 32.5 Å². The Hall–Kier alpha value is -2.91. The molecule has 1 amide bonds. The lowest BCUT2D eigenvalue weighted by Crippen LogP contribution is -2.65. The summed E-state index contributed by atoms with van der Waals surface area (Å²) >= 11 is 0. The molecule has 2 aromatic rings. The Balaban J connectivity index is 1.07. The minimum Gasteiger partial charge on any atom is -0.488 e. The van der Waals surface area contributed by atoms with Crippen molar-refractivity contribution < 1.29 is 19.4 Å². The van der Waals surface area contributed by atoms with Crippen LogP contribution < -0.4 is 9.64 Å². The standard InChI is InChI=1S/C27H37N5O4/c1-19-13-31(25-28-11-24(12-29-25)35-16-21(3)33)14-20(2)32(19)26(34)36-23-9-27(10-23)17-30(18-27)15-22-7-5-4-6-8-22/h4-8,11-12,19-21,23,33H,9-10,13-18H2,1-3H3/t19-,20+,21-/m0/s1. The molecule has 5 rings (SSSR count). The fraction of sp³-hybridized carbons (Fsp3) is 0.593. The lowest BCUT2D eigenvalue weighted by molar-refractivity contribution is -0.137. The van der Waals surface area contributed by atoms with Crippen LogP contribution in [0.3, 0.4) is 0 Å². The quantitative estimate of drug-likeness (QED) is 0.627. The highest BCUT2D eigenvalue weighted by molar-refractivity contribution is 5.69. The third-order valence-electron chi connectivity index (χ3n) is 7.47. The Bertz CT molecular complexity index is 1010. The fourth-order valence-corrected chi connectivity index (χ4v) is 5.92. The summed E-state index contributed by atoms with van der Waals surface area (Å²) in [7, 11) is 0. The Kier molecular flexibility index (Phi) is 7.03. The highest BCUT2D eigenvalue weighted by Gasteiger charge is 2.54. The molecule has 9 heteroatoms. The molecule has 3 aliphatic rings. The normalized spacial score (nSPS) is 24.7. The fourth-order valence-electron chi connectivity index (χ4n) is 5.92. The van der Waals surface area contributed by atoms with Crippen molar-refractivity contribution >= 4 is 12.0 Å². The molecule has 0 radical (unpaired) electrons. The van der Waals surface area contributed by atoms with Gasteiger partial charge in [-0.25, -0.2) is 14.8 Å². The smallest absolute Gasteiger partial charge is 0.410 e. The largest absolute Gasteiger partial charge is 0.488 e. The number of hydrogen-bond donors (Lipinski definition) is 1. The summed E-state index contributed by atoms with van der Waals surface area (Å²) in [6.07, 6.45) is 4.42. The molecule has 2 saturated heterocycles. The van der Waals surface area contributed by atoms with Crippen LogP contribution in [0.4, 0.5) is 10.7 Å². The van der Waals surface area contributed by atoms with Crippen LogP contribution in [-0.4, -0.2) is 88.0 Å². The molecule has 194 valence electrons. The molecule has 1 saturated carbocycles. The van der Waals surface area contributed by atoms with Gasteiger partial charge in [0.1, 0.15) is 12.7 Å². The highest BCUT2D eigenvalue weighted by Crippen LogP contribution is 2.50. The number of amides is 1. The molecule has 1 N–H and O–H groups in total. The van der Waals surface area contributed by atoms with E-state index in [4.69, 9.17) is 9.47 Å². The van der Waals surface area contributed by atoms with Gasteiger partial charge < -0.3 is 19.5 Å². The number of rotatable bonds is 7. The van der Waals surface area contributed by atoms with Crippen LogP contribution in [-0.2, 0) is 11.3 Å². The molecule has 3 heterocycles. The van der Waals surface area contributed by atoms with Crippen molar-refractivity contribution in [3.63, 3.8) is 0 Å². The van der Waals surface area contributed by atoms with Crippen LogP contribution in [0.25, 0.3) is 0 Å². The first-order valence-electron chi connectivity index (χ1n) is 12.9. The summed E-state index contributed by atoms with van der Waals surface area (Å²) in [5.41, 5.74) is 1.68. The molecule has 3 atom stereocenters. The predicted octanol–water partition coefficient (Wildman–Crippen LogP) is 2.94. The van der Waals surface area contributed by atoms with Gasteiger partial charge >= 0.3 is 6.09 Å². The molecular weight excluding hydrogens is 458 g/mol. The third-order valence-corrected chi connectivity index (χ3v) is 7.47. The molecule has 1 aromatic carbocycles. The van der Waals surface area contributed by atoms with E-state index in [1.165, 1.54) is 5.56 Å². The molecule has 1 spiro atoms. The second-order valence-corrected chi connectivity index (χ2v) is 10.9. The van der Waals surface area contributed by atoms with Gasteiger partial charge in [-0.2, -0.15) is 0 Å². The zero-order valence-electron chi connectivity index (χ0n) is 21.4. The number of nitrogens with zero attached hydrogens (tertiary/aromatic N) is 5. The van der Waals surface area contributed by atoms with E-state index in [-0.39, 0.29) is 30.9 Å². The van der Waals surface area contributed by atoms with Gasteiger partial charge in [0.05, 0.1) is 30.6 Å². The molecular formula is C27H37N5O4. The summed E-state index contributed by atoms with van der Waals surface area (Å²) in [6, 6.07) is 10.5. The summed E-state index contributed by atoms with van der Waals surface area (Å²) in [5, 5.41) is 9.36. The maximum atomic E-state index is 13.1. The van der Waals surface area contributed by atoms with Crippen LogP contribution in [0, 0.1) is 5.41 Å². The number of carbonyl (C=O) groups is 1. The number of aliphatic hydroxyl groups is 1. The molecule has 1 aromatic heterocycles. The van der Waals surface area contributed by atoms with Gasteiger partial charge in [-0.05, 0) is 39.2 Å². The molecule has 3 fully saturated rings. The van der Waals surface area contributed by atoms with Crippen LogP contribution in [0.2, 0.25) is 0 Å². The molecule has 0 unspecified atom stereocenters. The number of hydrogen-bond acceptors (Lipinski definition) is 8. The van der Waals surface area contributed by atoms with Crippen molar-refractivity contribution in [3.05, 3.63) is 48.3 Å². The Morgan fingerprint density at radius 1 is 1.11 bits per heavy atom. The van der Waals surface area contributed by atoms with E-state index in [1.807, 2.05) is 18.7 Å². The Morgan fingerprint density at radius 3 is 2.36 bits per heavy atom. The van der Waals surface area contributed by atoms with Gasteiger partial charge in [-0.3, -0.25) is 9.80 Å². The van der Waals surface area contributed by atoms with E-state index >= 15 is 0 Å². The lowest BCUT2D eigenvalue weighted by Gasteiger charge is -2.58. The van der Waals surface area contributed by atoms with Gasteiger partial charge in [0.25, 0.3) is 0 Å². The Labute approximate surface area is 213 Å². The number of likely N-dealkylation sites (tertiary alicyclic amines) is 1. The molecule has 1 aliphatic carbocycles. The third kappa shape index (κ3) is 5.42. The number of anilines is 1. The van der Waals surface area contributed by atoms with Gasteiger partial charge in [0.2, 0.25) is 5.95 Å². The summed E-state index contributed by atoms with van der Waals surface area (Å²) in [5.74, 6) is 1.13. The summed E-state index contributed by atoms with van der Waals surface area (Å²) in [6.45, 7) is 10.4. The highest BCUT2D eigenvalue weighted by atomic mass is 16.6. The van der Waals surface area contributed by atoms with Crippen molar-refractivity contribution in [2.45, 2.75) is 64.4 Å². The maximum absolute atomic E-state index is 13.1. The number of aliphatic hydroxyl groups excluding tert-OH is 1. The van der Waals surface area contributed by atoms with Crippen molar-refractivity contribution in [2.24, 2.45) is 5.41 Å². The van der Waals surface area contributed by atoms with Crippen molar-refractivity contribution in [3.8, 4) is 5.75 Å². The maximum Gasteiger partial charge on any atom is 0.410 e. The second kappa shape index (κ2) is 10.2. The number of piperazine rings is 1. The zero-order chi connectivity index (χ0) is 25.3.